The number of hydrogen-bond acceptors (Lipinski definition) is 5. The Labute approximate surface area is 254 Å². The maximum absolute atomic E-state index is 13.7. The molecule has 1 saturated carbocycles. The van der Waals surface area contributed by atoms with E-state index in [0.717, 1.165) is 49.2 Å². The molecule has 3 aliphatic rings. The van der Waals surface area contributed by atoms with Gasteiger partial charge >= 0.3 is 6.18 Å². The number of carbonyl (C=O) groups excluding carboxylic acids is 1. The van der Waals surface area contributed by atoms with Gasteiger partial charge in [-0.2, -0.15) is 13.2 Å². The van der Waals surface area contributed by atoms with Crippen LogP contribution in [0.5, 0.6) is 11.5 Å². The van der Waals surface area contributed by atoms with E-state index in [2.05, 4.69) is 16.0 Å². The minimum Gasteiger partial charge on any atom is -0.489 e. The molecule has 0 bridgehead atoms. The molecule has 0 radical (unpaired) electrons. The molecule has 10 heteroatoms. The van der Waals surface area contributed by atoms with Gasteiger partial charge in [0.25, 0.3) is 5.91 Å². The molecule has 6 rings (SSSR count). The van der Waals surface area contributed by atoms with Gasteiger partial charge in [-0.15, -0.1) is 0 Å². The molecule has 3 N–H and O–H groups in total. The van der Waals surface area contributed by atoms with E-state index >= 15 is 0 Å². The van der Waals surface area contributed by atoms with Gasteiger partial charge in [0.1, 0.15) is 29.5 Å². The van der Waals surface area contributed by atoms with Gasteiger partial charge in [-0.1, -0.05) is 12.1 Å². The van der Waals surface area contributed by atoms with E-state index in [-0.39, 0.29) is 42.7 Å². The lowest BCUT2D eigenvalue weighted by Gasteiger charge is -2.31. The molecular weight excluding hydrogens is 574 g/mol. The summed E-state index contributed by atoms with van der Waals surface area (Å²) in [7, 11) is 0. The maximum Gasteiger partial charge on any atom is 0.391 e. The van der Waals surface area contributed by atoms with Gasteiger partial charge in [0.2, 0.25) is 0 Å². The van der Waals surface area contributed by atoms with E-state index in [0.29, 0.717) is 42.1 Å². The lowest BCUT2D eigenvalue weighted by atomic mass is 9.78. The number of benzene rings is 3. The van der Waals surface area contributed by atoms with Gasteiger partial charge in [-0.05, 0) is 117 Å². The van der Waals surface area contributed by atoms with Gasteiger partial charge in [0, 0.05) is 29.9 Å². The zero-order valence-electron chi connectivity index (χ0n) is 24.4. The van der Waals surface area contributed by atoms with E-state index in [1.54, 1.807) is 36.4 Å². The fourth-order valence-corrected chi connectivity index (χ4v) is 6.43. The molecule has 0 spiro atoms. The Morgan fingerprint density at radius 3 is 2.02 bits per heavy atom. The average Bonchev–Trinajstić information content (AvgIpc) is 3.73. The second-order valence-electron chi connectivity index (χ2n) is 12.0. The first-order valence-electron chi connectivity index (χ1n) is 15.4. The number of ether oxygens (including phenoxy) is 2. The van der Waals surface area contributed by atoms with Crippen molar-refractivity contribution in [3.8, 4) is 22.6 Å². The highest BCUT2D eigenvalue weighted by Gasteiger charge is 2.42. The predicted octanol–water partition coefficient (Wildman–Crippen LogP) is 7.06. The molecule has 1 amide bonds. The van der Waals surface area contributed by atoms with Crippen LogP contribution >= 0.6 is 0 Å². The summed E-state index contributed by atoms with van der Waals surface area (Å²) in [5.74, 6) is -0.837. The summed E-state index contributed by atoms with van der Waals surface area (Å²) in [5, 5.41) is 9.52. The SMILES string of the molecule is O=C(Nc1ccc(OC2CCNC2)c(-c2ccc(F)cc2)c1)c1ccc(OC2CCNC2)c(C2CCC(C(F)(F)F)CC2)c1. The van der Waals surface area contributed by atoms with Crippen LogP contribution in [0.15, 0.2) is 60.7 Å². The minimum atomic E-state index is -4.19. The Kier molecular flexibility index (Phi) is 9.09. The zero-order valence-corrected chi connectivity index (χ0v) is 24.4. The molecule has 3 fully saturated rings. The average molecular weight is 612 g/mol. The third-order valence-corrected chi connectivity index (χ3v) is 8.91. The minimum absolute atomic E-state index is 0.0139. The first-order chi connectivity index (χ1) is 21.2. The number of amides is 1. The van der Waals surface area contributed by atoms with Crippen molar-refractivity contribution in [2.45, 2.75) is 62.8 Å². The normalized spacial score (nSPS) is 23.8. The molecule has 2 unspecified atom stereocenters. The number of hydrogen-bond donors (Lipinski definition) is 3. The summed E-state index contributed by atoms with van der Waals surface area (Å²) in [5.41, 5.74) is 3.20. The number of halogens is 4. The van der Waals surface area contributed by atoms with Crippen molar-refractivity contribution in [1.82, 2.24) is 10.6 Å². The Balaban J connectivity index is 1.24. The van der Waals surface area contributed by atoms with Crippen LogP contribution in [0.4, 0.5) is 23.2 Å². The van der Waals surface area contributed by atoms with Gasteiger partial charge < -0.3 is 25.4 Å². The first-order valence-corrected chi connectivity index (χ1v) is 15.4. The third-order valence-electron chi connectivity index (χ3n) is 8.91. The molecule has 234 valence electrons. The smallest absolute Gasteiger partial charge is 0.391 e. The molecule has 1 aliphatic carbocycles. The fourth-order valence-electron chi connectivity index (χ4n) is 6.43. The van der Waals surface area contributed by atoms with Crippen LogP contribution in [0.2, 0.25) is 0 Å². The van der Waals surface area contributed by atoms with E-state index in [1.165, 1.54) is 12.1 Å². The molecule has 0 aromatic heterocycles. The van der Waals surface area contributed by atoms with Crippen LogP contribution in [0.3, 0.4) is 0 Å². The molecule has 2 aliphatic heterocycles. The third kappa shape index (κ3) is 7.18. The monoisotopic (exact) mass is 611 g/mol. The number of carbonyl (C=O) groups is 1. The van der Waals surface area contributed by atoms with Crippen LogP contribution in [0.1, 0.15) is 60.4 Å². The highest BCUT2D eigenvalue weighted by atomic mass is 19.4. The van der Waals surface area contributed by atoms with E-state index in [4.69, 9.17) is 9.47 Å². The second kappa shape index (κ2) is 13.2. The van der Waals surface area contributed by atoms with Crippen LogP contribution in [0.25, 0.3) is 11.1 Å². The Morgan fingerprint density at radius 1 is 0.773 bits per heavy atom. The van der Waals surface area contributed by atoms with Gasteiger partial charge in [0.15, 0.2) is 0 Å². The molecule has 6 nitrogen and oxygen atoms in total. The number of anilines is 1. The zero-order chi connectivity index (χ0) is 30.7. The largest absolute Gasteiger partial charge is 0.489 e. The van der Waals surface area contributed by atoms with Crippen LogP contribution < -0.4 is 25.4 Å². The topological polar surface area (TPSA) is 71.6 Å². The van der Waals surface area contributed by atoms with Crippen molar-refractivity contribution in [3.05, 3.63) is 77.6 Å². The summed E-state index contributed by atoms with van der Waals surface area (Å²) < 4.78 is 66.3. The lowest BCUT2D eigenvalue weighted by molar-refractivity contribution is -0.182. The van der Waals surface area contributed by atoms with Crippen LogP contribution in [-0.2, 0) is 0 Å². The Morgan fingerprint density at radius 2 is 1.41 bits per heavy atom. The standard InChI is InChI=1S/C34H37F4N3O3/c35-25-8-3-22(4-9-25)30-18-26(10-12-32(30)44-28-14-16-40-20-28)41-33(42)23-5-11-31(43-27-13-15-39-19-27)29(17-23)21-1-6-24(7-2-21)34(36,37)38/h3-5,8-12,17-18,21,24,27-28,39-40H,1-2,6-7,13-16,19-20H2,(H,41,42). The summed E-state index contributed by atoms with van der Waals surface area (Å²) in [4.78, 5) is 13.5. The van der Waals surface area contributed by atoms with E-state index in [1.807, 2.05) is 12.1 Å². The van der Waals surface area contributed by atoms with Crippen molar-refractivity contribution in [3.63, 3.8) is 0 Å². The van der Waals surface area contributed by atoms with Crippen molar-refractivity contribution in [2.75, 3.05) is 31.5 Å². The van der Waals surface area contributed by atoms with E-state index < -0.39 is 12.1 Å². The molecule has 2 atom stereocenters. The fraction of sp³-hybridized carbons (Fsp3) is 0.441. The number of nitrogens with one attached hydrogen (secondary N) is 3. The summed E-state index contributed by atoms with van der Waals surface area (Å²) in [6.45, 7) is 3.16. The summed E-state index contributed by atoms with van der Waals surface area (Å²) in [6.07, 6.45) is -1.59. The van der Waals surface area contributed by atoms with Gasteiger partial charge in [-0.25, -0.2) is 4.39 Å². The highest BCUT2D eigenvalue weighted by Crippen LogP contribution is 2.45. The molecular formula is C34H37F4N3O3. The lowest BCUT2D eigenvalue weighted by Crippen LogP contribution is -2.27. The number of alkyl halides is 3. The molecule has 2 heterocycles. The van der Waals surface area contributed by atoms with Crippen LogP contribution in [-0.4, -0.2) is 50.5 Å². The van der Waals surface area contributed by atoms with E-state index in [9.17, 15) is 22.4 Å². The number of rotatable bonds is 8. The Bertz CT molecular complexity index is 1440. The first kappa shape index (κ1) is 30.4. The Hall–Kier alpha value is -3.63. The quantitative estimate of drug-likeness (QED) is 0.238. The molecule has 3 aromatic rings. The van der Waals surface area contributed by atoms with Crippen LogP contribution in [0, 0.1) is 11.7 Å². The van der Waals surface area contributed by atoms with Crippen molar-refractivity contribution in [2.24, 2.45) is 5.92 Å². The second-order valence-corrected chi connectivity index (χ2v) is 12.0. The van der Waals surface area contributed by atoms with Gasteiger partial charge in [-0.3, -0.25) is 4.79 Å². The van der Waals surface area contributed by atoms with Crippen molar-refractivity contribution < 1.29 is 31.8 Å². The highest BCUT2D eigenvalue weighted by molar-refractivity contribution is 6.05. The molecule has 2 saturated heterocycles. The maximum atomic E-state index is 13.7. The van der Waals surface area contributed by atoms with Crippen molar-refractivity contribution in [1.29, 1.82) is 0 Å². The van der Waals surface area contributed by atoms with Gasteiger partial charge in [0.05, 0.1) is 5.92 Å². The molecule has 3 aromatic carbocycles. The summed E-state index contributed by atoms with van der Waals surface area (Å²) in [6, 6.07) is 16.8. The van der Waals surface area contributed by atoms with Crippen molar-refractivity contribution >= 4 is 11.6 Å². The molecule has 44 heavy (non-hydrogen) atoms. The predicted molar refractivity (Wildman–Crippen MR) is 161 cm³/mol. The summed E-state index contributed by atoms with van der Waals surface area (Å²) >= 11 is 0.